The number of nitrogens with one attached hydrogen (secondary N) is 1. The van der Waals surface area contributed by atoms with E-state index in [0.29, 0.717) is 16.8 Å². The van der Waals surface area contributed by atoms with Crippen molar-refractivity contribution in [3.05, 3.63) is 101 Å². The average molecular weight is 418 g/mol. The van der Waals surface area contributed by atoms with E-state index in [1.54, 1.807) is 0 Å². The molecule has 0 heterocycles. The second-order valence-corrected chi connectivity index (χ2v) is 7.27. The van der Waals surface area contributed by atoms with Gasteiger partial charge in [-0.25, -0.2) is 4.79 Å². The fourth-order valence-electron chi connectivity index (χ4n) is 3.44. The molecule has 0 fully saturated rings. The molecule has 1 amide bonds. The lowest BCUT2D eigenvalue weighted by Gasteiger charge is -2.32. The molecule has 5 heteroatoms. The molecular formula is C26H27NO4. The van der Waals surface area contributed by atoms with Gasteiger partial charge in [0.15, 0.2) is 6.61 Å². The molecule has 3 aromatic rings. The molecule has 0 saturated heterocycles. The van der Waals surface area contributed by atoms with Crippen LogP contribution in [0.25, 0.3) is 0 Å². The highest BCUT2D eigenvalue weighted by Gasteiger charge is 2.45. The lowest BCUT2D eigenvalue weighted by Crippen LogP contribution is -2.42. The third kappa shape index (κ3) is 5.01. The Morgan fingerprint density at radius 2 is 1.42 bits per heavy atom. The monoisotopic (exact) mass is 417 g/mol. The summed E-state index contributed by atoms with van der Waals surface area (Å²) in [6.07, 6.45) is 0. The molecule has 3 rings (SSSR count). The Morgan fingerprint density at radius 1 is 0.839 bits per heavy atom. The van der Waals surface area contributed by atoms with Crippen LogP contribution in [0.2, 0.25) is 0 Å². The van der Waals surface area contributed by atoms with E-state index in [-0.39, 0.29) is 6.61 Å². The number of hydrogen-bond acceptors (Lipinski definition) is 4. The first kappa shape index (κ1) is 22.2. The van der Waals surface area contributed by atoms with Crippen LogP contribution in [-0.4, -0.2) is 25.1 Å². The van der Waals surface area contributed by atoms with Crippen LogP contribution >= 0.6 is 0 Å². The lowest BCUT2D eigenvalue weighted by atomic mass is 9.86. The molecule has 31 heavy (non-hydrogen) atoms. The summed E-state index contributed by atoms with van der Waals surface area (Å²) >= 11 is 0. The Hall–Kier alpha value is -3.44. The number of carbonyl (C=O) groups excluding carboxylic acids is 2. The highest BCUT2D eigenvalue weighted by atomic mass is 16.6. The van der Waals surface area contributed by atoms with Gasteiger partial charge in [-0.1, -0.05) is 66.7 Å². The molecule has 0 aliphatic heterocycles. The number of rotatable bonds is 8. The summed E-state index contributed by atoms with van der Waals surface area (Å²) in [4.78, 5) is 25.8. The Balaban J connectivity index is 1.83. The molecule has 5 nitrogen and oxygen atoms in total. The van der Waals surface area contributed by atoms with Crippen LogP contribution in [0.3, 0.4) is 0 Å². The highest BCUT2D eigenvalue weighted by molar-refractivity contribution is 5.94. The topological polar surface area (TPSA) is 64.6 Å². The molecular weight excluding hydrogens is 390 g/mol. The van der Waals surface area contributed by atoms with Gasteiger partial charge in [0.05, 0.1) is 0 Å². The summed E-state index contributed by atoms with van der Waals surface area (Å²) in [5.74, 6) is -1.05. The second kappa shape index (κ2) is 10.0. The van der Waals surface area contributed by atoms with Crippen molar-refractivity contribution >= 4 is 17.6 Å². The van der Waals surface area contributed by atoms with Crippen LogP contribution in [-0.2, 0) is 24.7 Å². The summed E-state index contributed by atoms with van der Waals surface area (Å²) in [5.41, 5.74) is 2.68. The molecule has 0 unspecified atom stereocenters. The minimum Gasteiger partial charge on any atom is -0.453 e. The van der Waals surface area contributed by atoms with Crippen molar-refractivity contribution < 1.29 is 19.1 Å². The van der Waals surface area contributed by atoms with Crippen LogP contribution in [0.5, 0.6) is 0 Å². The summed E-state index contributed by atoms with van der Waals surface area (Å²) in [7, 11) is 0. The fourth-order valence-corrected chi connectivity index (χ4v) is 3.44. The quantitative estimate of drug-likeness (QED) is 0.537. The molecule has 160 valence electrons. The van der Waals surface area contributed by atoms with Gasteiger partial charge in [-0.15, -0.1) is 0 Å². The molecule has 0 radical (unpaired) electrons. The third-order valence-corrected chi connectivity index (χ3v) is 5.13. The van der Waals surface area contributed by atoms with Crippen LogP contribution in [0, 0.1) is 13.8 Å². The van der Waals surface area contributed by atoms with Crippen molar-refractivity contribution in [3.63, 3.8) is 0 Å². The molecule has 3 aromatic carbocycles. The molecule has 0 saturated carbocycles. The van der Waals surface area contributed by atoms with Crippen LogP contribution < -0.4 is 5.32 Å². The van der Waals surface area contributed by atoms with Gasteiger partial charge in [0.2, 0.25) is 5.60 Å². The highest BCUT2D eigenvalue weighted by Crippen LogP contribution is 2.35. The number of carbonyl (C=O) groups is 2. The molecule has 0 bridgehead atoms. The summed E-state index contributed by atoms with van der Waals surface area (Å²) < 4.78 is 11.5. The van der Waals surface area contributed by atoms with E-state index in [4.69, 9.17) is 9.47 Å². The smallest absolute Gasteiger partial charge is 0.348 e. The maximum atomic E-state index is 13.4. The third-order valence-electron chi connectivity index (χ3n) is 5.13. The summed E-state index contributed by atoms with van der Waals surface area (Å²) in [5, 5.41) is 2.77. The van der Waals surface area contributed by atoms with Gasteiger partial charge in [0, 0.05) is 12.3 Å². The van der Waals surface area contributed by atoms with E-state index in [1.807, 2.05) is 99.6 Å². The number of benzene rings is 3. The largest absolute Gasteiger partial charge is 0.453 e. The van der Waals surface area contributed by atoms with Crippen LogP contribution in [0.15, 0.2) is 78.9 Å². The van der Waals surface area contributed by atoms with Crippen molar-refractivity contribution in [2.24, 2.45) is 0 Å². The van der Waals surface area contributed by atoms with E-state index >= 15 is 0 Å². The van der Waals surface area contributed by atoms with Gasteiger partial charge in [-0.2, -0.15) is 0 Å². The maximum Gasteiger partial charge on any atom is 0.348 e. The van der Waals surface area contributed by atoms with Crippen LogP contribution in [0.4, 0.5) is 5.69 Å². The van der Waals surface area contributed by atoms with Gasteiger partial charge in [0.1, 0.15) is 0 Å². The summed E-state index contributed by atoms with van der Waals surface area (Å²) in [6, 6.07) is 24.0. The zero-order chi connectivity index (χ0) is 22.3. The molecule has 0 spiro atoms. The first-order valence-corrected chi connectivity index (χ1v) is 10.3. The maximum absolute atomic E-state index is 13.4. The molecule has 0 aromatic heterocycles. The zero-order valence-electron chi connectivity index (χ0n) is 18.1. The Morgan fingerprint density at radius 3 is 1.94 bits per heavy atom. The van der Waals surface area contributed by atoms with E-state index in [2.05, 4.69) is 5.32 Å². The molecule has 0 aliphatic rings. The first-order valence-electron chi connectivity index (χ1n) is 10.3. The van der Waals surface area contributed by atoms with E-state index < -0.39 is 24.1 Å². The fraction of sp³-hybridized carbons (Fsp3) is 0.231. The SMILES string of the molecule is CCOC(C(=O)OCC(=O)Nc1ccc(C)c(C)c1)(c1ccccc1)c1ccccc1. The minimum absolute atomic E-state index is 0.285. The van der Waals surface area contributed by atoms with E-state index in [1.165, 1.54) is 0 Å². The Labute approximate surface area is 183 Å². The van der Waals surface area contributed by atoms with Gasteiger partial charge in [0.25, 0.3) is 5.91 Å². The van der Waals surface area contributed by atoms with E-state index in [0.717, 1.165) is 11.1 Å². The van der Waals surface area contributed by atoms with Gasteiger partial charge >= 0.3 is 5.97 Å². The number of ether oxygens (including phenoxy) is 2. The number of anilines is 1. The average Bonchev–Trinajstić information content (AvgIpc) is 2.79. The molecule has 0 aliphatic carbocycles. The van der Waals surface area contributed by atoms with Gasteiger partial charge in [-0.05, 0) is 55.2 Å². The van der Waals surface area contributed by atoms with Crippen molar-refractivity contribution in [3.8, 4) is 0 Å². The van der Waals surface area contributed by atoms with Crippen molar-refractivity contribution in [2.75, 3.05) is 18.5 Å². The van der Waals surface area contributed by atoms with E-state index in [9.17, 15) is 9.59 Å². The predicted molar refractivity (Wildman–Crippen MR) is 121 cm³/mol. The summed E-state index contributed by atoms with van der Waals surface area (Å²) in [6.45, 7) is 5.67. The number of aryl methyl sites for hydroxylation is 2. The van der Waals surface area contributed by atoms with Gasteiger partial charge < -0.3 is 14.8 Å². The van der Waals surface area contributed by atoms with Crippen molar-refractivity contribution in [1.82, 2.24) is 0 Å². The van der Waals surface area contributed by atoms with Crippen molar-refractivity contribution in [2.45, 2.75) is 26.4 Å². The van der Waals surface area contributed by atoms with Crippen molar-refractivity contribution in [1.29, 1.82) is 0 Å². The zero-order valence-corrected chi connectivity index (χ0v) is 18.1. The lowest BCUT2D eigenvalue weighted by molar-refractivity contribution is -0.169. The standard InChI is InChI=1S/C26H27NO4/c1-4-31-26(21-11-7-5-8-12-21,22-13-9-6-10-14-22)25(29)30-18-24(28)27-23-16-15-19(2)20(3)17-23/h5-17H,4,18H2,1-3H3,(H,27,28). The predicted octanol–water partition coefficient (Wildman–Crippen LogP) is 4.77. The Kier molecular flexibility index (Phi) is 7.21. The minimum atomic E-state index is -1.46. The van der Waals surface area contributed by atoms with Gasteiger partial charge in [-0.3, -0.25) is 4.79 Å². The molecule has 0 atom stereocenters. The number of hydrogen-bond donors (Lipinski definition) is 1. The number of esters is 1. The Bertz CT molecular complexity index is 992. The second-order valence-electron chi connectivity index (χ2n) is 7.27. The molecule has 1 N–H and O–H groups in total. The number of amides is 1. The normalized spacial score (nSPS) is 11.1. The first-order chi connectivity index (χ1) is 15.0. The van der Waals surface area contributed by atoms with Crippen LogP contribution in [0.1, 0.15) is 29.2 Å².